The molecule has 0 N–H and O–H groups in total. The van der Waals surface area contributed by atoms with E-state index in [2.05, 4.69) is 9.97 Å². The third-order valence-corrected chi connectivity index (χ3v) is 1.59. The fourth-order valence-corrected chi connectivity index (χ4v) is 0.978. The number of ether oxygens (including phenoxy) is 1. The quantitative estimate of drug-likeness (QED) is 0.531. The highest BCUT2D eigenvalue weighted by Gasteiger charge is 2.01. The highest BCUT2D eigenvalue weighted by atomic mass is 35.5. The molecule has 0 spiro atoms. The lowest BCUT2D eigenvalue weighted by molar-refractivity contribution is 0.184. The van der Waals surface area contributed by atoms with Crippen LogP contribution in [0.2, 0.25) is 10.4 Å². The zero-order chi connectivity index (χ0) is 8.27. The van der Waals surface area contributed by atoms with Gasteiger partial charge in [-0.3, -0.25) is 0 Å². The van der Waals surface area contributed by atoms with E-state index in [1.165, 1.54) is 0 Å². The van der Waals surface area contributed by atoms with E-state index in [-0.39, 0.29) is 5.28 Å². The fraction of sp³-hybridized carbons (Fsp3) is 0.333. The van der Waals surface area contributed by atoms with E-state index in [4.69, 9.17) is 27.9 Å². The highest BCUT2D eigenvalue weighted by molar-refractivity contribution is 6.32. The first kappa shape index (κ1) is 8.71. The van der Waals surface area contributed by atoms with Gasteiger partial charge >= 0.3 is 0 Å². The summed E-state index contributed by atoms with van der Waals surface area (Å²) in [5.74, 6) is 0. The second kappa shape index (κ2) is 3.85. The van der Waals surface area contributed by atoms with Crippen LogP contribution in [0, 0.1) is 0 Å². The number of nitrogens with zero attached hydrogens (tertiary/aromatic N) is 2. The fourth-order valence-electron chi connectivity index (χ4n) is 0.618. The summed E-state index contributed by atoms with van der Waals surface area (Å²) in [4.78, 5) is 7.48. The van der Waals surface area contributed by atoms with Crippen LogP contribution in [0.3, 0.4) is 0 Å². The summed E-state index contributed by atoms with van der Waals surface area (Å²) in [5, 5.41) is 0.488. The van der Waals surface area contributed by atoms with Gasteiger partial charge in [0, 0.05) is 18.9 Å². The van der Waals surface area contributed by atoms with Crippen molar-refractivity contribution in [1.82, 2.24) is 9.97 Å². The number of hydrogen-bond donors (Lipinski definition) is 0. The van der Waals surface area contributed by atoms with E-state index in [1.807, 2.05) is 0 Å². The van der Waals surface area contributed by atoms with Gasteiger partial charge in [0.2, 0.25) is 5.28 Å². The van der Waals surface area contributed by atoms with E-state index < -0.39 is 0 Å². The minimum atomic E-state index is 0.148. The largest absolute Gasteiger partial charge is 0.380 e. The van der Waals surface area contributed by atoms with Crippen molar-refractivity contribution in [2.45, 2.75) is 6.61 Å². The molecule has 3 nitrogen and oxygen atoms in total. The summed E-state index contributed by atoms with van der Waals surface area (Å²) in [5.41, 5.74) is 0.735. The third-order valence-electron chi connectivity index (χ3n) is 1.08. The van der Waals surface area contributed by atoms with Gasteiger partial charge in [-0.1, -0.05) is 11.6 Å². The van der Waals surface area contributed by atoms with Gasteiger partial charge in [0.15, 0.2) is 0 Å². The van der Waals surface area contributed by atoms with Crippen molar-refractivity contribution in [3.8, 4) is 0 Å². The van der Waals surface area contributed by atoms with Gasteiger partial charge < -0.3 is 4.74 Å². The molecule has 0 aliphatic rings. The maximum atomic E-state index is 5.69. The minimum absolute atomic E-state index is 0.148. The first-order valence-corrected chi connectivity index (χ1v) is 3.65. The van der Waals surface area contributed by atoms with Crippen molar-refractivity contribution in [2.75, 3.05) is 7.11 Å². The van der Waals surface area contributed by atoms with Gasteiger partial charge in [0.1, 0.15) is 5.15 Å². The zero-order valence-electron chi connectivity index (χ0n) is 5.84. The molecule has 1 aromatic heterocycles. The van der Waals surface area contributed by atoms with E-state index >= 15 is 0 Å². The Labute approximate surface area is 74.3 Å². The summed E-state index contributed by atoms with van der Waals surface area (Å²) in [6, 6.07) is 0. The predicted molar refractivity (Wildman–Crippen MR) is 42.8 cm³/mol. The van der Waals surface area contributed by atoms with Gasteiger partial charge in [0.25, 0.3) is 0 Å². The van der Waals surface area contributed by atoms with Gasteiger partial charge in [-0.25, -0.2) is 9.97 Å². The molecule has 0 bridgehead atoms. The second-order valence-corrected chi connectivity index (χ2v) is 2.58. The molecule has 1 heterocycles. The molecule has 0 saturated carbocycles. The first-order valence-electron chi connectivity index (χ1n) is 2.90. The van der Waals surface area contributed by atoms with Crippen molar-refractivity contribution >= 4 is 23.2 Å². The monoisotopic (exact) mass is 192 g/mol. The van der Waals surface area contributed by atoms with Crippen LogP contribution in [-0.4, -0.2) is 17.1 Å². The Balaban J connectivity index is 2.90. The molecule has 0 fully saturated rings. The van der Waals surface area contributed by atoms with E-state index in [0.717, 1.165) is 5.56 Å². The maximum Gasteiger partial charge on any atom is 0.223 e. The van der Waals surface area contributed by atoms with E-state index in [9.17, 15) is 0 Å². The van der Waals surface area contributed by atoms with Crippen LogP contribution in [0.5, 0.6) is 0 Å². The van der Waals surface area contributed by atoms with Crippen LogP contribution in [-0.2, 0) is 11.3 Å². The van der Waals surface area contributed by atoms with Gasteiger partial charge in [-0.05, 0) is 11.6 Å². The van der Waals surface area contributed by atoms with E-state index in [0.29, 0.717) is 11.8 Å². The predicted octanol–water partition coefficient (Wildman–Crippen LogP) is 1.93. The Morgan fingerprint density at radius 2 is 2.27 bits per heavy atom. The summed E-state index contributed by atoms with van der Waals surface area (Å²) in [7, 11) is 1.57. The molecule has 0 aliphatic carbocycles. The molecule has 0 aromatic carbocycles. The Morgan fingerprint density at radius 1 is 1.55 bits per heavy atom. The average Bonchev–Trinajstić information content (AvgIpc) is 1.95. The Hall–Kier alpha value is -0.380. The molecule has 0 amide bonds. The lowest BCUT2D eigenvalue weighted by atomic mass is 10.4. The standard InChI is InChI=1S/C6H6Cl2N2O/c1-11-3-4-2-9-6(8)10-5(4)7/h2H,3H2,1H3. The molecule has 60 valence electrons. The molecular formula is C6H6Cl2N2O. The lowest BCUT2D eigenvalue weighted by Crippen LogP contribution is -1.93. The molecule has 0 saturated heterocycles. The van der Waals surface area contributed by atoms with Crippen LogP contribution in [0.1, 0.15) is 5.56 Å². The van der Waals surface area contributed by atoms with Gasteiger partial charge in [-0.2, -0.15) is 0 Å². The molecule has 11 heavy (non-hydrogen) atoms. The van der Waals surface area contributed by atoms with Crippen LogP contribution in [0.25, 0.3) is 0 Å². The number of rotatable bonds is 2. The average molecular weight is 193 g/mol. The smallest absolute Gasteiger partial charge is 0.223 e. The number of halogens is 2. The molecule has 0 aliphatic heterocycles. The molecular weight excluding hydrogens is 187 g/mol. The van der Waals surface area contributed by atoms with E-state index in [1.54, 1.807) is 13.3 Å². The SMILES string of the molecule is COCc1cnc(Cl)nc1Cl. The van der Waals surface area contributed by atoms with Crippen molar-refractivity contribution in [3.05, 3.63) is 22.2 Å². The van der Waals surface area contributed by atoms with Crippen molar-refractivity contribution in [2.24, 2.45) is 0 Å². The Bertz CT molecular complexity index is 254. The summed E-state index contributed by atoms with van der Waals surface area (Å²) >= 11 is 11.2. The summed E-state index contributed by atoms with van der Waals surface area (Å²) in [6.07, 6.45) is 1.54. The molecule has 5 heteroatoms. The van der Waals surface area contributed by atoms with Gasteiger partial charge in [-0.15, -0.1) is 0 Å². The molecule has 0 unspecified atom stereocenters. The van der Waals surface area contributed by atoms with Crippen LogP contribution < -0.4 is 0 Å². The van der Waals surface area contributed by atoms with Crippen LogP contribution >= 0.6 is 23.2 Å². The molecule has 0 radical (unpaired) electrons. The third kappa shape index (κ3) is 2.29. The molecule has 1 aromatic rings. The van der Waals surface area contributed by atoms with Crippen molar-refractivity contribution in [3.63, 3.8) is 0 Å². The second-order valence-electron chi connectivity index (χ2n) is 1.89. The Kier molecular flexibility index (Phi) is 3.05. The molecule has 1 rings (SSSR count). The van der Waals surface area contributed by atoms with Crippen LogP contribution in [0.4, 0.5) is 0 Å². The summed E-state index contributed by atoms with van der Waals surface area (Å²) in [6.45, 7) is 0.399. The number of hydrogen-bond acceptors (Lipinski definition) is 3. The van der Waals surface area contributed by atoms with Crippen LogP contribution in [0.15, 0.2) is 6.20 Å². The lowest BCUT2D eigenvalue weighted by Gasteiger charge is -1.99. The topological polar surface area (TPSA) is 35.0 Å². The molecule has 0 atom stereocenters. The van der Waals surface area contributed by atoms with Crippen molar-refractivity contribution < 1.29 is 4.74 Å². The zero-order valence-corrected chi connectivity index (χ0v) is 7.35. The maximum absolute atomic E-state index is 5.69. The number of aromatic nitrogens is 2. The summed E-state index contributed by atoms with van der Waals surface area (Å²) < 4.78 is 4.84. The normalized spacial score (nSPS) is 10.1. The highest BCUT2D eigenvalue weighted by Crippen LogP contribution is 2.14. The van der Waals surface area contributed by atoms with Crippen molar-refractivity contribution in [1.29, 1.82) is 0 Å². The first-order chi connectivity index (χ1) is 5.24. The van der Waals surface area contributed by atoms with Gasteiger partial charge in [0.05, 0.1) is 6.61 Å². The minimum Gasteiger partial charge on any atom is -0.380 e. The Morgan fingerprint density at radius 3 is 2.82 bits per heavy atom. The number of methoxy groups -OCH3 is 1.